The number of halogens is 1. The Morgan fingerprint density at radius 1 is 0.825 bits per heavy atom. The van der Waals surface area contributed by atoms with Crippen molar-refractivity contribution < 1.29 is 34.1 Å². The van der Waals surface area contributed by atoms with Gasteiger partial charge >= 0.3 is 17.9 Å². The summed E-state index contributed by atoms with van der Waals surface area (Å²) in [4.78, 5) is 36.6. The van der Waals surface area contributed by atoms with Crippen molar-refractivity contribution in [1.29, 1.82) is 0 Å². The highest BCUT2D eigenvalue weighted by molar-refractivity contribution is 9.09. The van der Waals surface area contributed by atoms with E-state index in [1.165, 1.54) is 109 Å². The van der Waals surface area contributed by atoms with E-state index in [-0.39, 0.29) is 18.6 Å². The molecule has 3 N–H and O–H groups in total. The zero-order chi connectivity index (χ0) is 29.6. The summed E-state index contributed by atoms with van der Waals surface area (Å²) in [6, 6.07) is 6.44. The molecule has 1 rings (SSSR count). The Morgan fingerprint density at radius 3 is 1.75 bits per heavy atom. The number of aliphatic hydroxyl groups is 2. The van der Waals surface area contributed by atoms with E-state index in [0.717, 1.165) is 24.0 Å². The second kappa shape index (κ2) is 21.7. The summed E-state index contributed by atoms with van der Waals surface area (Å²) in [7, 11) is 0. The smallest absolute Gasteiger partial charge is 0.349 e. The molecule has 0 radical (unpaired) electrons. The number of esters is 3. The first-order chi connectivity index (χ1) is 19.3. The van der Waals surface area contributed by atoms with E-state index in [2.05, 4.69) is 26.0 Å². The number of ether oxygens (including phenoxy) is 2. The summed E-state index contributed by atoms with van der Waals surface area (Å²) in [6.07, 6.45) is 15.8. The van der Waals surface area contributed by atoms with Gasteiger partial charge in [0.05, 0.1) is 12.2 Å². The lowest BCUT2D eigenvalue weighted by Crippen LogP contribution is -2.54. The van der Waals surface area contributed by atoms with Gasteiger partial charge in [0, 0.05) is 17.6 Å². The Balaban J connectivity index is 2.21. The van der Waals surface area contributed by atoms with Crippen molar-refractivity contribution in [3.8, 4) is 0 Å². The van der Waals surface area contributed by atoms with E-state index >= 15 is 0 Å². The van der Waals surface area contributed by atoms with E-state index in [4.69, 9.17) is 4.74 Å². The predicted molar refractivity (Wildman–Crippen MR) is 162 cm³/mol. The minimum atomic E-state index is -2.59. The van der Waals surface area contributed by atoms with Crippen LogP contribution in [0.3, 0.4) is 0 Å². The van der Waals surface area contributed by atoms with Crippen molar-refractivity contribution in [2.75, 3.05) is 23.8 Å². The van der Waals surface area contributed by atoms with Crippen molar-refractivity contribution in [1.82, 2.24) is 0 Å². The van der Waals surface area contributed by atoms with Gasteiger partial charge < -0.3 is 25.0 Å². The third kappa shape index (κ3) is 14.1. The number of unbranched alkanes of at least 4 members (excludes halogenated alkanes) is 13. The highest BCUT2D eigenvalue weighted by atomic mass is 79.9. The lowest BCUT2D eigenvalue weighted by Gasteiger charge is -2.27. The van der Waals surface area contributed by atoms with Crippen LogP contribution < -0.4 is 5.32 Å². The van der Waals surface area contributed by atoms with Gasteiger partial charge in [-0.1, -0.05) is 99.9 Å². The fourth-order valence-corrected chi connectivity index (χ4v) is 4.79. The lowest BCUT2D eigenvalue weighted by atomic mass is 9.93. The number of nitrogens with one attached hydrogen (secondary N) is 1. The Bertz CT molecular complexity index is 849. The van der Waals surface area contributed by atoms with E-state index in [1.54, 1.807) is 12.1 Å². The fourth-order valence-electron chi connectivity index (χ4n) is 4.39. The van der Waals surface area contributed by atoms with Gasteiger partial charge in [0.1, 0.15) is 0 Å². The second-order valence-corrected chi connectivity index (χ2v) is 11.0. The van der Waals surface area contributed by atoms with Crippen LogP contribution in [0.2, 0.25) is 0 Å². The molecule has 2 unspecified atom stereocenters. The van der Waals surface area contributed by atoms with Crippen LogP contribution in [0.15, 0.2) is 24.3 Å². The Kier molecular flexibility index (Phi) is 19.6. The third-order valence-corrected chi connectivity index (χ3v) is 7.61. The monoisotopic (exact) mass is 627 g/mol. The molecule has 0 spiro atoms. The number of benzene rings is 1. The molecule has 0 fully saturated rings. The molecule has 40 heavy (non-hydrogen) atoms. The highest BCUT2D eigenvalue weighted by Gasteiger charge is 2.49. The number of anilines is 1. The normalized spacial score (nSPS) is 13.3. The molecule has 0 bridgehead atoms. The van der Waals surface area contributed by atoms with E-state index in [9.17, 15) is 24.6 Å². The topological polar surface area (TPSA) is 122 Å². The minimum Gasteiger partial charge on any atom is -0.464 e. The van der Waals surface area contributed by atoms with Crippen molar-refractivity contribution in [3.63, 3.8) is 0 Å². The molecule has 0 aromatic heterocycles. The molecule has 0 aliphatic rings. The molecule has 1 aromatic rings. The molecule has 1 aromatic carbocycles. The molecule has 0 amide bonds. The van der Waals surface area contributed by atoms with E-state index in [1.807, 2.05) is 0 Å². The molecule has 228 valence electrons. The number of rotatable bonds is 23. The zero-order valence-corrected chi connectivity index (χ0v) is 26.0. The average molecular weight is 629 g/mol. The predicted octanol–water partition coefficient (Wildman–Crippen LogP) is 6.70. The summed E-state index contributed by atoms with van der Waals surface area (Å²) >= 11 is 3.48. The number of carbonyl (C=O) groups is 3. The molecular formula is C31H50BrNO7. The number of alkyl halides is 1. The zero-order valence-electron chi connectivity index (χ0n) is 24.4. The standard InChI is InChI=1S/C31H50BrNO7/c1-3-31(38,27(34)29(36)39-4-2)30(37)40-28(35)25-19-21-26(22-20-25)33-24-18-16-14-12-10-8-6-5-7-9-11-13-15-17-23-32/h19-22,27,33-34,38H,3-18,23-24H2,1-2H3. The SMILES string of the molecule is CCOC(=O)C(O)C(O)(CC)C(=O)OC(=O)c1ccc(NCCCCCCCCCCCCCCCCBr)cc1. The largest absolute Gasteiger partial charge is 0.464 e. The van der Waals surface area contributed by atoms with Gasteiger partial charge in [-0.15, -0.1) is 0 Å². The maximum absolute atomic E-state index is 12.4. The van der Waals surface area contributed by atoms with Gasteiger partial charge in [-0.25, -0.2) is 14.4 Å². The molecule has 9 heteroatoms. The number of aliphatic hydroxyl groups excluding tert-OH is 1. The Labute approximate surface area is 248 Å². The van der Waals surface area contributed by atoms with E-state index < -0.39 is 29.6 Å². The van der Waals surface area contributed by atoms with E-state index in [0.29, 0.717) is 0 Å². The summed E-state index contributed by atoms with van der Waals surface area (Å²) in [5, 5.41) is 25.0. The first-order valence-electron chi connectivity index (χ1n) is 15.0. The molecule has 0 heterocycles. The van der Waals surface area contributed by atoms with Crippen molar-refractivity contribution in [2.45, 2.75) is 122 Å². The van der Waals surface area contributed by atoms with Crippen LogP contribution >= 0.6 is 15.9 Å². The minimum absolute atomic E-state index is 0.0390. The van der Waals surface area contributed by atoms with Crippen molar-refractivity contribution in [2.24, 2.45) is 0 Å². The summed E-state index contributed by atoms with van der Waals surface area (Å²) in [5.41, 5.74) is -1.64. The van der Waals surface area contributed by atoms with Gasteiger partial charge in [0.2, 0.25) is 0 Å². The summed E-state index contributed by atoms with van der Waals surface area (Å²) < 4.78 is 9.41. The van der Waals surface area contributed by atoms with Crippen LogP contribution in [0, 0.1) is 0 Å². The first kappa shape index (κ1) is 36.1. The van der Waals surface area contributed by atoms with Crippen molar-refractivity contribution >= 4 is 39.5 Å². The van der Waals surface area contributed by atoms with Gasteiger partial charge in [0.15, 0.2) is 11.7 Å². The van der Waals surface area contributed by atoms with Crippen LogP contribution in [0.1, 0.15) is 121 Å². The number of hydrogen-bond donors (Lipinski definition) is 3. The quantitative estimate of drug-likeness (QED) is 0.0530. The first-order valence-corrected chi connectivity index (χ1v) is 16.2. The highest BCUT2D eigenvalue weighted by Crippen LogP contribution is 2.21. The molecule has 0 saturated carbocycles. The molecule has 0 aliphatic heterocycles. The van der Waals surface area contributed by atoms with Gasteiger partial charge in [-0.2, -0.15) is 0 Å². The fraction of sp³-hybridized carbons (Fsp3) is 0.710. The van der Waals surface area contributed by atoms with Crippen molar-refractivity contribution in [3.05, 3.63) is 29.8 Å². The van der Waals surface area contributed by atoms with Crippen LogP contribution in [-0.4, -0.2) is 58.3 Å². The van der Waals surface area contributed by atoms with Gasteiger partial charge in [0.25, 0.3) is 0 Å². The van der Waals surface area contributed by atoms with Crippen LogP contribution in [0.5, 0.6) is 0 Å². The number of carbonyl (C=O) groups excluding carboxylic acids is 3. The Morgan fingerprint density at radius 2 is 1.30 bits per heavy atom. The molecular weight excluding hydrogens is 578 g/mol. The second-order valence-electron chi connectivity index (χ2n) is 10.3. The molecule has 0 aliphatic carbocycles. The van der Waals surface area contributed by atoms with Gasteiger partial charge in [-0.05, 0) is 50.5 Å². The molecule has 0 saturated heterocycles. The van der Waals surface area contributed by atoms with Gasteiger partial charge in [-0.3, -0.25) is 0 Å². The van der Waals surface area contributed by atoms with Crippen LogP contribution in [-0.2, 0) is 19.1 Å². The average Bonchev–Trinajstić information content (AvgIpc) is 2.96. The number of hydrogen-bond acceptors (Lipinski definition) is 8. The third-order valence-electron chi connectivity index (χ3n) is 7.05. The lowest BCUT2D eigenvalue weighted by molar-refractivity contribution is -0.186. The molecule has 8 nitrogen and oxygen atoms in total. The Hall–Kier alpha value is -1.97. The van der Waals surface area contributed by atoms with Crippen LogP contribution in [0.25, 0.3) is 0 Å². The van der Waals surface area contributed by atoms with Crippen LogP contribution in [0.4, 0.5) is 5.69 Å². The summed E-state index contributed by atoms with van der Waals surface area (Å²) in [5.74, 6) is -3.56. The summed E-state index contributed by atoms with van der Waals surface area (Å²) in [6.45, 7) is 3.69. The molecule has 2 atom stereocenters. The maximum atomic E-state index is 12.4. The maximum Gasteiger partial charge on any atom is 0.349 e.